The minimum atomic E-state index is -0.662. The van der Waals surface area contributed by atoms with Gasteiger partial charge < -0.3 is 16.8 Å². The number of primary amides is 1. The fourth-order valence-electron chi connectivity index (χ4n) is 0.863. The number of nitrogens with two attached hydrogens (primary N) is 4. The molecule has 0 aliphatic carbocycles. The molecule has 0 aliphatic rings. The Hall–Kier alpha value is -2.05. The van der Waals surface area contributed by atoms with Crippen molar-refractivity contribution in [1.29, 1.82) is 0 Å². The molecule has 0 saturated carbocycles. The number of hydrogen-bond donors (Lipinski definition) is 5. The minimum absolute atomic E-state index is 0.0446. The highest BCUT2D eigenvalue weighted by atomic mass is 16.2. The lowest BCUT2D eigenvalue weighted by Crippen LogP contribution is -2.50. The van der Waals surface area contributed by atoms with Crippen LogP contribution in [0.15, 0.2) is 11.3 Å². The van der Waals surface area contributed by atoms with Crippen LogP contribution in [-0.2, 0) is 9.59 Å². The van der Waals surface area contributed by atoms with Gasteiger partial charge in [0.25, 0.3) is 11.7 Å². The van der Waals surface area contributed by atoms with Gasteiger partial charge in [0.15, 0.2) is 0 Å². The number of carbonyl (C=O) groups is 2. The van der Waals surface area contributed by atoms with E-state index < -0.39 is 11.8 Å². The molecule has 0 atom stereocenters. The molecule has 0 saturated heterocycles. The van der Waals surface area contributed by atoms with Gasteiger partial charge in [0.05, 0.1) is 6.42 Å². The van der Waals surface area contributed by atoms with Gasteiger partial charge in [-0.15, -0.1) is 0 Å². The molecule has 2 amide bonds. The van der Waals surface area contributed by atoms with E-state index in [-0.39, 0.29) is 23.5 Å². The van der Waals surface area contributed by atoms with Crippen LogP contribution in [0.2, 0.25) is 0 Å². The van der Waals surface area contributed by atoms with Gasteiger partial charge in [-0.25, -0.2) is 0 Å². The summed E-state index contributed by atoms with van der Waals surface area (Å²) in [5.74, 6) is -1.46. The second-order valence-corrected chi connectivity index (χ2v) is 2.58. The van der Waals surface area contributed by atoms with Crippen molar-refractivity contribution in [3.05, 3.63) is 11.3 Å². The van der Waals surface area contributed by atoms with E-state index in [9.17, 15) is 9.59 Å². The Morgan fingerprint density at radius 1 is 1.29 bits per heavy atom. The average molecular weight is 200 g/mol. The lowest BCUT2D eigenvalue weighted by atomic mass is 10.1. The van der Waals surface area contributed by atoms with Gasteiger partial charge in [0.2, 0.25) is 5.91 Å². The predicted octanol–water partition coefficient (Wildman–Crippen LogP) is -4.06. The molecule has 0 rings (SSSR count). The fourth-order valence-corrected chi connectivity index (χ4v) is 0.863. The first kappa shape index (κ1) is 11.9. The van der Waals surface area contributed by atoms with Crippen molar-refractivity contribution in [2.75, 3.05) is 7.05 Å². The zero-order chi connectivity index (χ0) is 11.3. The summed E-state index contributed by atoms with van der Waals surface area (Å²) in [5.41, 5.74) is 15.4. The maximum atomic E-state index is 11.2. The highest BCUT2D eigenvalue weighted by Crippen LogP contribution is 2.01. The monoisotopic (exact) mass is 200 g/mol. The lowest BCUT2D eigenvalue weighted by Gasteiger charge is -2.04. The molecule has 0 aromatic carbocycles. The van der Waals surface area contributed by atoms with Crippen molar-refractivity contribution in [2.24, 2.45) is 17.2 Å². The van der Waals surface area contributed by atoms with Gasteiger partial charge >= 0.3 is 0 Å². The molecule has 0 aliphatic heterocycles. The molecule has 78 valence electrons. The third-order valence-electron chi connectivity index (χ3n) is 1.43. The molecule has 0 fully saturated rings. The molecule has 0 bridgehead atoms. The van der Waals surface area contributed by atoms with Crippen molar-refractivity contribution >= 4 is 17.6 Å². The summed E-state index contributed by atoms with van der Waals surface area (Å²) in [6, 6.07) is 0. The van der Waals surface area contributed by atoms with Crippen LogP contribution in [0, 0.1) is 0 Å². The molecule has 7 nitrogen and oxygen atoms in total. The molecular formula is C7H14N5O2+. The van der Waals surface area contributed by atoms with Crippen LogP contribution < -0.4 is 27.9 Å². The number of amides is 2. The Bertz CT molecular complexity index is 307. The van der Waals surface area contributed by atoms with Gasteiger partial charge in [-0.3, -0.25) is 20.7 Å². The molecule has 0 unspecified atom stereocenters. The molecule has 9 N–H and O–H groups in total. The summed E-state index contributed by atoms with van der Waals surface area (Å²) in [4.78, 5) is 21.7. The summed E-state index contributed by atoms with van der Waals surface area (Å²) in [6.07, 6.45) is -0.263. The Balaban J connectivity index is 5.05. The highest BCUT2D eigenvalue weighted by molar-refractivity contribution is 6.18. The van der Waals surface area contributed by atoms with Gasteiger partial charge in [-0.1, -0.05) is 0 Å². The highest BCUT2D eigenvalue weighted by Gasteiger charge is 2.20. The van der Waals surface area contributed by atoms with Crippen molar-refractivity contribution in [2.45, 2.75) is 6.42 Å². The summed E-state index contributed by atoms with van der Waals surface area (Å²) in [6.45, 7) is 0. The van der Waals surface area contributed by atoms with E-state index in [4.69, 9.17) is 22.6 Å². The van der Waals surface area contributed by atoms with Crippen LogP contribution in [-0.4, -0.2) is 24.7 Å². The van der Waals surface area contributed by atoms with E-state index in [1.807, 2.05) is 0 Å². The summed E-state index contributed by atoms with van der Waals surface area (Å²) in [7, 11) is 1.39. The molecule has 0 aromatic rings. The number of nitrogens with one attached hydrogen (secondary N) is 1. The van der Waals surface area contributed by atoms with Crippen molar-refractivity contribution in [1.82, 2.24) is 5.32 Å². The second-order valence-electron chi connectivity index (χ2n) is 2.58. The zero-order valence-electron chi connectivity index (χ0n) is 7.83. The van der Waals surface area contributed by atoms with Crippen LogP contribution in [0.1, 0.15) is 6.42 Å². The maximum Gasteiger partial charge on any atom is 0.278 e. The van der Waals surface area contributed by atoms with Crippen LogP contribution in [0.25, 0.3) is 0 Å². The Kier molecular flexibility index (Phi) is 4.14. The number of likely N-dealkylation sites (N-methyl/N-ethyl adjacent to an activating group) is 1. The molecule has 0 spiro atoms. The van der Waals surface area contributed by atoms with E-state index in [1.54, 1.807) is 0 Å². The maximum absolute atomic E-state index is 11.2. The van der Waals surface area contributed by atoms with E-state index in [1.165, 1.54) is 7.05 Å². The molecule has 0 aromatic heterocycles. The van der Waals surface area contributed by atoms with Gasteiger partial charge in [0, 0.05) is 12.7 Å². The predicted molar refractivity (Wildman–Crippen MR) is 50.2 cm³/mol. The zero-order valence-corrected chi connectivity index (χ0v) is 7.83. The first-order valence-corrected chi connectivity index (χ1v) is 3.77. The van der Waals surface area contributed by atoms with Crippen molar-refractivity contribution < 1.29 is 15.0 Å². The van der Waals surface area contributed by atoms with Crippen LogP contribution in [0.5, 0.6) is 0 Å². The minimum Gasteiger partial charge on any atom is -0.401 e. The summed E-state index contributed by atoms with van der Waals surface area (Å²) >= 11 is 0. The van der Waals surface area contributed by atoms with E-state index in [0.717, 1.165) is 0 Å². The summed E-state index contributed by atoms with van der Waals surface area (Å²) < 4.78 is 0. The fraction of sp³-hybridized carbons (Fsp3) is 0.286. The molecular weight excluding hydrogens is 186 g/mol. The quantitative estimate of drug-likeness (QED) is 0.178. The number of rotatable bonds is 4. The molecule has 14 heavy (non-hydrogen) atoms. The molecule has 7 heteroatoms. The molecule has 0 heterocycles. The first-order valence-electron chi connectivity index (χ1n) is 3.77. The van der Waals surface area contributed by atoms with E-state index in [2.05, 4.69) is 5.32 Å². The van der Waals surface area contributed by atoms with E-state index >= 15 is 0 Å². The standard InChI is InChI=1S/C7H13N5O2/c1-12-7(14)5(6(10)11)3(8)2-4(9)13/h2,8H2,1H3,(H2,9,13)(H3,10,11)(H,12,14)/p+1/b5-3+. The number of hydrogen-bond acceptors (Lipinski definition) is 3. The second kappa shape index (κ2) is 4.85. The normalized spacial score (nSPS) is 11.5. The third kappa shape index (κ3) is 3.13. The average Bonchev–Trinajstić information content (AvgIpc) is 2.01. The van der Waals surface area contributed by atoms with Crippen molar-refractivity contribution in [3.63, 3.8) is 0 Å². The Morgan fingerprint density at radius 3 is 2.07 bits per heavy atom. The van der Waals surface area contributed by atoms with Gasteiger partial charge in [0.1, 0.15) is 5.57 Å². The first-order chi connectivity index (χ1) is 6.40. The smallest absolute Gasteiger partial charge is 0.278 e. The molecule has 0 radical (unpaired) electrons. The Labute approximate surface area is 80.8 Å². The Morgan fingerprint density at radius 2 is 1.79 bits per heavy atom. The van der Waals surface area contributed by atoms with Gasteiger partial charge in [-0.05, 0) is 0 Å². The summed E-state index contributed by atoms with van der Waals surface area (Å²) in [5, 5.41) is 7.52. The number of amidine groups is 1. The third-order valence-corrected chi connectivity index (χ3v) is 1.43. The van der Waals surface area contributed by atoms with Gasteiger partial charge in [-0.2, -0.15) is 0 Å². The van der Waals surface area contributed by atoms with Crippen LogP contribution >= 0.6 is 0 Å². The lowest BCUT2D eigenvalue weighted by molar-refractivity contribution is -0.121. The largest absolute Gasteiger partial charge is 0.401 e. The van der Waals surface area contributed by atoms with Crippen LogP contribution in [0.3, 0.4) is 0 Å². The van der Waals surface area contributed by atoms with E-state index in [0.29, 0.717) is 0 Å². The SMILES string of the molecule is CNC(=O)/C(C(N)=[NH2+])=C(/N)CC(N)=O. The number of carbonyl (C=O) groups excluding carboxylic acids is 2. The topological polar surface area (TPSA) is 150 Å². The van der Waals surface area contributed by atoms with Crippen LogP contribution in [0.4, 0.5) is 0 Å². The van der Waals surface area contributed by atoms with Crippen molar-refractivity contribution in [3.8, 4) is 0 Å².